The SMILES string of the molecule is CCN(CC)C(CNC(=NC)NCCCCCOC)c1ccccc1. The maximum absolute atomic E-state index is 5.08. The van der Waals surface area contributed by atoms with Crippen LogP contribution >= 0.6 is 0 Å². The maximum Gasteiger partial charge on any atom is 0.191 e. The molecule has 0 heterocycles. The Morgan fingerprint density at radius 1 is 1.08 bits per heavy atom. The predicted octanol–water partition coefficient (Wildman–Crippen LogP) is 3.05. The lowest BCUT2D eigenvalue weighted by Crippen LogP contribution is -2.43. The number of nitrogens with zero attached hydrogens (tertiary/aromatic N) is 2. The average Bonchev–Trinajstić information content (AvgIpc) is 2.66. The van der Waals surface area contributed by atoms with Crippen molar-refractivity contribution in [3.05, 3.63) is 35.9 Å². The van der Waals surface area contributed by atoms with Gasteiger partial charge < -0.3 is 15.4 Å². The molecule has 5 nitrogen and oxygen atoms in total. The van der Waals surface area contributed by atoms with E-state index in [-0.39, 0.29) is 0 Å². The number of methoxy groups -OCH3 is 1. The highest BCUT2D eigenvalue weighted by Crippen LogP contribution is 2.19. The third kappa shape index (κ3) is 8.36. The van der Waals surface area contributed by atoms with Crippen LogP contribution in [0.2, 0.25) is 0 Å². The van der Waals surface area contributed by atoms with Crippen molar-refractivity contribution in [2.24, 2.45) is 4.99 Å². The van der Waals surface area contributed by atoms with Gasteiger partial charge in [-0.2, -0.15) is 0 Å². The van der Waals surface area contributed by atoms with Gasteiger partial charge in [-0.05, 0) is 37.9 Å². The molecule has 0 saturated heterocycles. The van der Waals surface area contributed by atoms with Crippen molar-refractivity contribution in [1.82, 2.24) is 15.5 Å². The topological polar surface area (TPSA) is 48.9 Å². The summed E-state index contributed by atoms with van der Waals surface area (Å²) in [7, 11) is 3.58. The van der Waals surface area contributed by atoms with Crippen molar-refractivity contribution in [2.45, 2.75) is 39.2 Å². The molecule has 0 radical (unpaired) electrons. The zero-order valence-corrected chi connectivity index (χ0v) is 16.4. The molecule has 1 aromatic rings. The van der Waals surface area contributed by atoms with Crippen LogP contribution in [-0.4, -0.2) is 57.8 Å². The first kappa shape index (κ1) is 21.5. The molecule has 1 atom stereocenters. The lowest BCUT2D eigenvalue weighted by Gasteiger charge is -2.30. The highest BCUT2D eigenvalue weighted by molar-refractivity contribution is 5.79. The summed E-state index contributed by atoms with van der Waals surface area (Å²) < 4.78 is 5.08. The van der Waals surface area contributed by atoms with Crippen molar-refractivity contribution in [2.75, 3.05) is 46.9 Å². The Morgan fingerprint density at radius 3 is 2.40 bits per heavy atom. The molecule has 0 amide bonds. The van der Waals surface area contributed by atoms with Crippen molar-refractivity contribution in [3.63, 3.8) is 0 Å². The van der Waals surface area contributed by atoms with Gasteiger partial charge in [-0.15, -0.1) is 0 Å². The third-order valence-electron chi connectivity index (χ3n) is 4.44. The molecule has 0 fully saturated rings. The third-order valence-corrected chi connectivity index (χ3v) is 4.44. The second-order valence-electron chi connectivity index (χ2n) is 6.08. The number of rotatable bonds is 12. The number of guanidine groups is 1. The Morgan fingerprint density at radius 2 is 1.80 bits per heavy atom. The molecule has 0 aliphatic rings. The standard InChI is InChI=1S/C20H36N4O/c1-5-24(6-2)19(18-13-9-7-10-14-18)17-23-20(21-3)22-15-11-8-12-16-25-4/h7,9-10,13-14,19H,5-6,8,11-12,15-17H2,1-4H3,(H2,21,22,23). The van der Waals surface area contributed by atoms with Crippen LogP contribution in [0, 0.1) is 0 Å². The Bertz CT molecular complexity index is 460. The van der Waals surface area contributed by atoms with E-state index in [1.807, 2.05) is 7.05 Å². The van der Waals surface area contributed by atoms with E-state index >= 15 is 0 Å². The lowest BCUT2D eigenvalue weighted by molar-refractivity contribution is 0.192. The first-order chi connectivity index (χ1) is 12.3. The first-order valence-corrected chi connectivity index (χ1v) is 9.49. The molecular formula is C20H36N4O. The summed E-state index contributed by atoms with van der Waals surface area (Å²) in [6.45, 7) is 9.11. The van der Waals surface area contributed by atoms with Gasteiger partial charge >= 0.3 is 0 Å². The maximum atomic E-state index is 5.08. The molecule has 5 heteroatoms. The minimum atomic E-state index is 0.344. The average molecular weight is 349 g/mol. The molecule has 0 aromatic heterocycles. The monoisotopic (exact) mass is 348 g/mol. The molecule has 1 unspecified atom stereocenters. The van der Waals surface area contributed by atoms with Crippen molar-refractivity contribution < 1.29 is 4.74 Å². The summed E-state index contributed by atoms with van der Waals surface area (Å²) in [4.78, 5) is 6.82. The zero-order valence-electron chi connectivity index (χ0n) is 16.4. The number of nitrogens with one attached hydrogen (secondary N) is 2. The molecule has 1 rings (SSSR count). The number of aliphatic imine (C=N–C) groups is 1. The normalized spacial score (nSPS) is 13.1. The number of unbranched alkanes of at least 4 members (excludes halogenated alkanes) is 2. The van der Waals surface area contributed by atoms with E-state index in [2.05, 4.69) is 64.7 Å². The van der Waals surface area contributed by atoms with Crippen LogP contribution in [-0.2, 0) is 4.74 Å². The van der Waals surface area contributed by atoms with Gasteiger partial charge in [-0.1, -0.05) is 44.2 Å². The smallest absolute Gasteiger partial charge is 0.191 e. The summed E-state index contributed by atoms with van der Waals surface area (Å²) in [6, 6.07) is 11.0. The number of benzene rings is 1. The Labute approximate surface area is 153 Å². The van der Waals surface area contributed by atoms with Crippen LogP contribution in [0.4, 0.5) is 0 Å². The fourth-order valence-corrected chi connectivity index (χ4v) is 2.97. The Hall–Kier alpha value is -1.59. The van der Waals surface area contributed by atoms with Gasteiger partial charge in [0.05, 0.1) is 6.04 Å². The summed E-state index contributed by atoms with van der Waals surface area (Å²) in [6.07, 6.45) is 3.41. The molecule has 0 aliphatic heterocycles. The van der Waals surface area contributed by atoms with Gasteiger partial charge in [0.15, 0.2) is 5.96 Å². The van der Waals surface area contributed by atoms with Gasteiger partial charge in [0.2, 0.25) is 0 Å². The van der Waals surface area contributed by atoms with Crippen LogP contribution in [0.1, 0.15) is 44.7 Å². The number of ether oxygens (including phenoxy) is 1. The summed E-state index contributed by atoms with van der Waals surface area (Å²) >= 11 is 0. The van der Waals surface area contributed by atoms with Crippen LogP contribution in [0.5, 0.6) is 0 Å². The summed E-state index contributed by atoms with van der Waals surface area (Å²) in [5.74, 6) is 0.875. The minimum absolute atomic E-state index is 0.344. The molecule has 0 aliphatic carbocycles. The number of likely N-dealkylation sites (N-methyl/N-ethyl adjacent to an activating group) is 1. The van der Waals surface area contributed by atoms with Crippen LogP contribution in [0.3, 0.4) is 0 Å². The molecule has 0 saturated carbocycles. The predicted molar refractivity (Wildman–Crippen MR) is 107 cm³/mol. The second kappa shape index (κ2) is 13.7. The van der Waals surface area contributed by atoms with Gasteiger partial charge in [0.1, 0.15) is 0 Å². The summed E-state index contributed by atoms with van der Waals surface area (Å²) in [5, 5.41) is 6.90. The van der Waals surface area contributed by atoms with E-state index in [0.717, 1.165) is 51.6 Å². The summed E-state index contributed by atoms with van der Waals surface area (Å²) in [5.41, 5.74) is 1.34. The van der Waals surface area contributed by atoms with E-state index < -0.39 is 0 Å². The Balaban J connectivity index is 2.50. The van der Waals surface area contributed by atoms with Crippen LogP contribution in [0.25, 0.3) is 0 Å². The number of hydrogen-bond acceptors (Lipinski definition) is 3. The van der Waals surface area contributed by atoms with Crippen molar-refractivity contribution in [3.8, 4) is 0 Å². The van der Waals surface area contributed by atoms with Crippen molar-refractivity contribution >= 4 is 5.96 Å². The van der Waals surface area contributed by atoms with Crippen LogP contribution < -0.4 is 10.6 Å². The number of hydrogen-bond donors (Lipinski definition) is 2. The van der Waals surface area contributed by atoms with Gasteiger partial charge in [0.25, 0.3) is 0 Å². The van der Waals surface area contributed by atoms with E-state index in [0.29, 0.717) is 6.04 Å². The lowest BCUT2D eigenvalue weighted by atomic mass is 10.1. The molecule has 142 valence electrons. The van der Waals surface area contributed by atoms with E-state index in [9.17, 15) is 0 Å². The first-order valence-electron chi connectivity index (χ1n) is 9.49. The second-order valence-corrected chi connectivity index (χ2v) is 6.08. The molecule has 0 spiro atoms. The molecule has 2 N–H and O–H groups in total. The molecule has 1 aromatic carbocycles. The molecular weight excluding hydrogens is 312 g/mol. The zero-order chi connectivity index (χ0) is 18.3. The van der Waals surface area contributed by atoms with Gasteiger partial charge in [-0.25, -0.2) is 0 Å². The van der Waals surface area contributed by atoms with Crippen molar-refractivity contribution in [1.29, 1.82) is 0 Å². The highest BCUT2D eigenvalue weighted by atomic mass is 16.5. The van der Waals surface area contributed by atoms with Gasteiger partial charge in [0, 0.05) is 33.9 Å². The van der Waals surface area contributed by atoms with E-state index in [4.69, 9.17) is 4.74 Å². The largest absolute Gasteiger partial charge is 0.385 e. The Kier molecular flexibility index (Phi) is 11.7. The highest BCUT2D eigenvalue weighted by Gasteiger charge is 2.17. The fourth-order valence-electron chi connectivity index (χ4n) is 2.97. The van der Waals surface area contributed by atoms with Gasteiger partial charge in [-0.3, -0.25) is 9.89 Å². The van der Waals surface area contributed by atoms with Crippen LogP contribution in [0.15, 0.2) is 35.3 Å². The molecule has 0 bridgehead atoms. The fraction of sp³-hybridized carbons (Fsp3) is 0.650. The quantitative estimate of drug-likeness (QED) is 0.346. The van der Waals surface area contributed by atoms with E-state index in [1.165, 1.54) is 12.0 Å². The molecule has 25 heavy (non-hydrogen) atoms. The van der Waals surface area contributed by atoms with E-state index in [1.54, 1.807) is 7.11 Å². The minimum Gasteiger partial charge on any atom is -0.385 e.